The molecule has 0 N–H and O–H groups in total. The van der Waals surface area contributed by atoms with Crippen LogP contribution in [0.5, 0.6) is 0 Å². The van der Waals surface area contributed by atoms with Gasteiger partial charge in [-0.05, 0) is 18.7 Å². The lowest BCUT2D eigenvalue weighted by Gasteiger charge is -2.13. The predicted molar refractivity (Wildman–Crippen MR) is 94.7 cm³/mol. The van der Waals surface area contributed by atoms with Gasteiger partial charge < -0.3 is 0 Å². The highest BCUT2D eigenvalue weighted by Crippen LogP contribution is 2.37. The van der Waals surface area contributed by atoms with Crippen LogP contribution in [0.4, 0.5) is 0 Å². The smallest absolute Gasteiger partial charge is 0.248 e. The molecule has 0 heterocycles. The van der Waals surface area contributed by atoms with Crippen LogP contribution >= 0.6 is 8.15 Å². The maximum absolute atomic E-state index is 11.8. The Morgan fingerprint density at radius 1 is 0.714 bits per heavy atom. The highest BCUT2D eigenvalue weighted by atomic mass is 32.2. The van der Waals surface area contributed by atoms with E-state index in [9.17, 15) is 8.42 Å². The van der Waals surface area contributed by atoms with Crippen molar-refractivity contribution in [3.8, 4) is 0 Å². The van der Waals surface area contributed by atoms with E-state index in [4.69, 9.17) is 3.97 Å². The molecule has 0 amide bonds. The highest BCUT2D eigenvalue weighted by Gasteiger charge is 2.16. The summed E-state index contributed by atoms with van der Waals surface area (Å²) in [5.41, 5.74) is 0. The van der Waals surface area contributed by atoms with Crippen LogP contribution < -0.4 is 0 Å². The molecule has 0 unspecified atom stereocenters. The van der Waals surface area contributed by atoms with Crippen LogP contribution in [-0.2, 0) is 14.1 Å². The van der Waals surface area contributed by atoms with E-state index >= 15 is 0 Å². The fraction of sp³-hybridized carbons (Fsp3) is 1.00. The third-order valence-electron chi connectivity index (χ3n) is 3.67. The van der Waals surface area contributed by atoms with Gasteiger partial charge in [-0.2, -0.15) is 8.42 Å². The molecule has 0 radical (unpaired) electrons. The van der Waals surface area contributed by atoms with Gasteiger partial charge in [0.25, 0.3) is 10.1 Å². The Morgan fingerprint density at radius 3 is 1.57 bits per heavy atom. The topological polar surface area (TPSA) is 43.4 Å². The van der Waals surface area contributed by atoms with E-state index in [2.05, 4.69) is 6.92 Å². The SMILES string of the molecule is CCCCCCCCCCCCS(=O)(=O)OP(CC)CC. The quantitative estimate of drug-likeness (QED) is 0.284. The van der Waals surface area contributed by atoms with E-state index in [-0.39, 0.29) is 5.75 Å². The van der Waals surface area contributed by atoms with Gasteiger partial charge in [-0.15, -0.1) is 0 Å². The lowest BCUT2D eigenvalue weighted by Crippen LogP contribution is -2.09. The molecule has 0 saturated carbocycles. The largest absolute Gasteiger partial charge is 0.270 e. The lowest BCUT2D eigenvalue weighted by molar-refractivity contribution is 0.502. The van der Waals surface area contributed by atoms with Gasteiger partial charge in [0, 0.05) is 0 Å². The minimum atomic E-state index is -3.28. The minimum absolute atomic E-state index is 0.197. The van der Waals surface area contributed by atoms with Crippen molar-refractivity contribution in [2.75, 3.05) is 18.1 Å². The Morgan fingerprint density at radius 2 is 1.14 bits per heavy atom. The molecule has 5 heteroatoms. The first-order valence-electron chi connectivity index (χ1n) is 8.73. The molecule has 0 aliphatic carbocycles. The minimum Gasteiger partial charge on any atom is -0.248 e. The first-order valence-corrected chi connectivity index (χ1v) is 11.9. The molecule has 0 spiro atoms. The van der Waals surface area contributed by atoms with Crippen molar-refractivity contribution in [2.45, 2.75) is 85.0 Å². The van der Waals surface area contributed by atoms with Crippen molar-refractivity contribution in [1.82, 2.24) is 0 Å². The molecule has 3 nitrogen and oxygen atoms in total. The van der Waals surface area contributed by atoms with Crippen LogP contribution in [0, 0.1) is 0 Å². The van der Waals surface area contributed by atoms with Gasteiger partial charge >= 0.3 is 0 Å². The second-order valence-electron chi connectivity index (χ2n) is 5.63. The molecule has 0 aromatic rings. The second-order valence-corrected chi connectivity index (χ2v) is 9.98. The van der Waals surface area contributed by atoms with E-state index in [1.54, 1.807) is 0 Å². The Bertz CT molecular complexity index is 313. The highest BCUT2D eigenvalue weighted by molar-refractivity contribution is 7.90. The van der Waals surface area contributed by atoms with Crippen LogP contribution in [0.15, 0.2) is 0 Å². The van der Waals surface area contributed by atoms with E-state index in [1.807, 2.05) is 13.8 Å². The van der Waals surface area contributed by atoms with Crippen molar-refractivity contribution < 1.29 is 12.4 Å². The Kier molecular flexibility index (Phi) is 14.2. The fourth-order valence-electron chi connectivity index (χ4n) is 2.29. The maximum Gasteiger partial charge on any atom is 0.270 e. The zero-order valence-corrected chi connectivity index (χ0v) is 16.0. The lowest BCUT2D eigenvalue weighted by atomic mass is 10.1. The molecule has 0 aliphatic rings. The van der Waals surface area contributed by atoms with Crippen LogP contribution in [0.2, 0.25) is 0 Å². The van der Waals surface area contributed by atoms with Gasteiger partial charge in [-0.3, -0.25) is 0 Å². The zero-order valence-electron chi connectivity index (χ0n) is 14.3. The summed E-state index contributed by atoms with van der Waals surface area (Å²) in [5.74, 6) is 0.197. The summed E-state index contributed by atoms with van der Waals surface area (Å²) >= 11 is 0. The van der Waals surface area contributed by atoms with Crippen molar-refractivity contribution >= 4 is 18.3 Å². The molecule has 0 atom stereocenters. The molecule has 0 aromatic heterocycles. The summed E-state index contributed by atoms with van der Waals surface area (Å²) in [6.45, 7) is 6.22. The van der Waals surface area contributed by atoms with Gasteiger partial charge in [0.15, 0.2) is 0 Å². The van der Waals surface area contributed by atoms with Crippen LogP contribution in [0.1, 0.15) is 85.0 Å². The van der Waals surface area contributed by atoms with Crippen molar-refractivity contribution in [3.05, 3.63) is 0 Å². The summed E-state index contributed by atoms with van der Waals surface area (Å²) < 4.78 is 28.8. The average Bonchev–Trinajstić information content (AvgIpc) is 2.46. The molecule has 0 bridgehead atoms. The van der Waals surface area contributed by atoms with E-state index in [0.29, 0.717) is 0 Å². The molecule has 0 aliphatic heterocycles. The van der Waals surface area contributed by atoms with E-state index < -0.39 is 18.3 Å². The normalized spacial score (nSPS) is 12.2. The van der Waals surface area contributed by atoms with E-state index in [1.165, 1.54) is 44.9 Å². The van der Waals surface area contributed by atoms with Gasteiger partial charge in [-0.25, -0.2) is 3.97 Å². The summed E-state index contributed by atoms with van der Waals surface area (Å²) in [4.78, 5) is 0. The molecule has 0 aromatic carbocycles. The summed E-state index contributed by atoms with van der Waals surface area (Å²) in [5, 5.41) is 0. The van der Waals surface area contributed by atoms with Gasteiger partial charge in [-0.1, -0.05) is 78.6 Å². The molecule has 0 saturated heterocycles. The average molecular weight is 338 g/mol. The number of hydrogen-bond acceptors (Lipinski definition) is 3. The van der Waals surface area contributed by atoms with Crippen LogP contribution in [-0.4, -0.2) is 26.5 Å². The Hall–Kier alpha value is 0.340. The summed E-state index contributed by atoms with van der Waals surface area (Å²) in [7, 11) is -4.05. The molecular formula is C16H35O3PS. The Labute approximate surface area is 134 Å². The molecule has 0 rings (SSSR count). The number of rotatable bonds is 15. The molecule has 0 fully saturated rings. The Balaban J connectivity index is 3.49. The van der Waals surface area contributed by atoms with Crippen LogP contribution in [0.25, 0.3) is 0 Å². The monoisotopic (exact) mass is 338 g/mol. The van der Waals surface area contributed by atoms with Gasteiger partial charge in [0.2, 0.25) is 0 Å². The second kappa shape index (κ2) is 14.0. The van der Waals surface area contributed by atoms with Crippen molar-refractivity contribution in [2.24, 2.45) is 0 Å². The van der Waals surface area contributed by atoms with Crippen LogP contribution in [0.3, 0.4) is 0 Å². The third kappa shape index (κ3) is 13.7. The first kappa shape index (κ1) is 21.3. The van der Waals surface area contributed by atoms with Crippen molar-refractivity contribution in [3.63, 3.8) is 0 Å². The number of unbranched alkanes of at least 4 members (excludes halogenated alkanes) is 9. The standard InChI is InChI=1S/C16H35O3PS/c1-4-7-8-9-10-11-12-13-14-15-16-21(17,18)19-20(5-2)6-3/h4-16H2,1-3H3. The molecule has 21 heavy (non-hydrogen) atoms. The van der Waals surface area contributed by atoms with E-state index in [0.717, 1.165) is 31.6 Å². The molecule has 128 valence electrons. The van der Waals surface area contributed by atoms with Gasteiger partial charge in [0.05, 0.1) is 13.9 Å². The maximum atomic E-state index is 11.8. The first-order chi connectivity index (χ1) is 10.1. The van der Waals surface area contributed by atoms with Crippen molar-refractivity contribution in [1.29, 1.82) is 0 Å². The summed E-state index contributed by atoms with van der Waals surface area (Å²) in [6, 6.07) is 0. The predicted octanol–water partition coefficient (Wildman–Crippen LogP) is 5.69. The third-order valence-corrected chi connectivity index (χ3v) is 7.62. The summed E-state index contributed by atoms with van der Waals surface area (Å²) in [6.07, 6.45) is 13.8. The number of hydrogen-bond donors (Lipinski definition) is 0. The van der Waals surface area contributed by atoms with Gasteiger partial charge in [0.1, 0.15) is 0 Å². The molecular weight excluding hydrogens is 303 g/mol. The zero-order chi connectivity index (χ0) is 16.0. The fourth-order valence-corrected chi connectivity index (χ4v) is 5.72.